The van der Waals surface area contributed by atoms with Crippen molar-refractivity contribution in [3.8, 4) is 0 Å². The lowest BCUT2D eigenvalue weighted by molar-refractivity contribution is 0.412. The van der Waals surface area contributed by atoms with E-state index in [4.69, 9.17) is 5.73 Å². The van der Waals surface area contributed by atoms with Gasteiger partial charge in [0.15, 0.2) is 5.96 Å². The van der Waals surface area contributed by atoms with Crippen LogP contribution >= 0.6 is 0 Å². The van der Waals surface area contributed by atoms with E-state index in [1.165, 1.54) is 42.7 Å². The number of aliphatic imine (C=N–C) groups is 1. The van der Waals surface area contributed by atoms with Crippen LogP contribution < -0.4 is 11.1 Å². The van der Waals surface area contributed by atoms with Gasteiger partial charge in [-0.3, -0.25) is 4.99 Å². The molecule has 1 aromatic rings. The number of halogens is 1. The zero-order valence-corrected chi connectivity index (χ0v) is 14.7. The maximum atomic E-state index is 12.9. The smallest absolute Gasteiger partial charge is 0.242 e. The Morgan fingerprint density at radius 3 is 2.54 bits per heavy atom. The summed E-state index contributed by atoms with van der Waals surface area (Å²) in [5, 5.41) is 3.19. The predicted octanol–water partition coefficient (Wildman–Crippen LogP) is 1.68. The van der Waals surface area contributed by atoms with E-state index in [9.17, 15) is 12.8 Å². The Bertz CT molecular complexity index is 655. The summed E-state index contributed by atoms with van der Waals surface area (Å²) in [5.74, 6) is -0.114. The van der Waals surface area contributed by atoms with E-state index in [0.717, 1.165) is 25.0 Å². The van der Waals surface area contributed by atoms with Crippen molar-refractivity contribution in [3.05, 3.63) is 30.1 Å². The fourth-order valence-corrected chi connectivity index (χ4v) is 3.88. The number of nitrogens with one attached hydrogen (secondary N) is 1. The minimum Gasteiger partial charge on any atom is -0.370 e. The van der Waals surface area contributed by atoms with Gasteiger partial charge in [-0.2, -0.15) is 4.31 Å². The maximum Gasteiger partial charge on any atom is 0.242 e. The number of nitrogens with zero attached hydrogens (tertiary/aromatic N) is 2. The van der Waals surface area contributed by atoms with Crippen molar-refractivity contribution >= 4 is 16.0 Å². The number of benzene rings is 1. The number of nitrogens with two attached hydrogens (primary N) is 1. The van der Waals surface area contributed by atoms with Gasteiger partial charge in [0.05, 0.1) is 11.4 Å². The molecule has 0 aromatic heterocycles. The van der Waals surface area contributed by atoms with E-state index in [-0.39, 0.29) is 18.0 Å². The van der Waals surface area contributed by atoms with E-state index in [0.29, 0.717) is 12.0 Å². The molecule has 1 saturated carbocycles. The van der Waals surface area contributed by atoms with Crippen molar-refractivity contribution in [1.82, 2.24) is 9.62 Å². The van der Waals surface area contributed by atoms with E-state index in [2.05, 4.69) is 10.3 Å². The van der Waals surface area contributed by atoms with Crippen LogP contribution in [-0.4, -0.2) is 44.9 Å². The third kappa shape index (κ3) is 5.17. The normalized spacial score (nSPS) is 17.2. The van der Waals surface area contributed by atoms with Gasteiger partial charge in [-0.05, 0) is 37.1 Å². The van der Waals surface area contributed by atoms with Crippen LogP contribution in [0.2, 0.25) is 0 Å². The molecule has 134 valence electrons. The Morgan fingerprint density at radius 2 is 1.92 bits per heavy atom. The molecule has 0 atom stereocenters. The fraction of sp³-hybridized carbons (Fsp3) is 0.562. The van der Waals surface area contributed by atoms with Crippen molar-refractivity contribution in [2.75, 3.05) is 20.1 Å². The molecule has 0 heterocycles. The molecular formula is C16H25FN4O2S. The molecule has 6 nitrogen and oxygen atoms in total. The summed E-state index contributed by atoms with van der Waals surface area (Å²) < 4.78 is 38.8. The second-order valence-corrected chi connectivity index (χ2v) is 8.07. The first-order chi connectivity index (χ1) is 11.4. The topological polar surface area (TPSA) is 87.8 Å². The molecule has 1 fully saturated rings. The van der Waals surface area contributed by atoms with Gasteiger partial charge in [0, 0.05) is 19.6 Å². The van der Waals surface area contributed by atoms with Crippen molar-refractivity contribution in [3.63, 3.8) is 0 Å². The molecular weight excluding hydrogens is 331 g/mol. The van der Waals surface area contributed by atoms with Crippen molar-refractivity contribution in [2.45, 2.75) is 43.0 Å². The zero-order valence-electron chi connectivity index (χ0n) is 13.9. The SMILES string of the molecule is CN(CCN=C(N)NC1CCCCC1)S(=O)(=O)c1ccc(F)cc1. The summed E-state index contributed by atoms with van der Waals surface area (Å²) in [4.78, 5) is 4.26. The number of sulfonamides is 1. The minimum absolute atomic E-state index is 0.0590. The molecule has 0 bridgehead atoms. The van der Waals surface area contributed by atoms with Crippen LogP contribution in [0.15, 0.2) is 34.2 Å². The van der Waals surface area contributed by atoms with Gasteiger partial charge in [0.2, 0.25) is 10.0 Å². The van der Waals surface area contributed by atoms with Crippen LogP contribution in [0, 0.1) is 5.82 Å². The Hall–Kier alpha value is -1.67. The molecule has 1 aliphatic carbocycles. The van der Waals surface area contributed by atoms with Crippen LogP contribution in [0.25, 0.3) is 0 Å². The molecule has 8 heteroatoms. The highest BCUT2D eigenvalue weighted by molar-refractivity contribution is 7.89. The van der Waals surface area contributed by atoms with E-state index in [1.54, 1.807) is 0 Å². The molecule has 1 aromatic carbocycles. The van der Waals surface area contributed by atoms with E-state index >= 15 is 0 Å². The molecule has 0 saturated heterocycles. The Morgan fingerprint density at radius 1 is 1.29 bits per heavy atom. The lowest BCUT2D eigenvalue weighted by Gasteiger charge is -2.23. The van der Waals surface area contributed by atoms with Gasteiger partial charge in [0.1, 0.15) is 5.82 Å². The Balaban J connectivity index is 1.86. The standard InChI is InChI=1S/C16H25FN4O2S/c1-21(24(22,23)15-9-7-13(17)8-10-15)12-11-19-16(18)20-14-5-3-2-4-6-14/h7-10,14H,2-6,11-12H2,1H3,(H3,18,19,20). The zero-order chi connectivity index (χ0) is 17.6. The molecule has 1 aliphatic rings. The van der Waals surface area contributed by atoms with Crippen LogP contribution in [-0.2, 0) is 10.0 Å². The van der Waals surface area contributed by atoms with Gasteiger partial charge in [0.25, 0.3) is 0 Å². The van der Waals surface area contributed by atoms with Gasteiger partial charge < -0.3 is 11.1 Å². The number of hydrogen-bond acceptors (Lipinski definition) is 3. The number of rotatable bonds is 6. The van der Waals surface area contributed by atoms with Crippen LogP contribution in [0.5, 0.6) is 0 Å². The summed E-state index contributed by atoms with van der Waals surface area (Å²) >= 11 is 0. The lowest BCUT2D eigenvalue weighted by Crippen LogP contribution is -2.41. The maximum absolute atomic E-state index is 12.9. The highest BCUT2D eigenvalue weighted by Crippen LogP contribution is 2.17. The van der Waals surface area contributed by atoms with Crippen LogP contribution in [0.3, 0.4) is 0 Å². The van der Waals surface area contributed by atoms with Gasteiger partial charge in [-0.15, -0.1) is 0 Å². The number of hydrogen-bond donors (Lipinski definition) is 2. The molecule has 3 N–H and O–H groups in total. The Kier molecular flexibility index (Phi) is 6.56. The average Bonchev–Trinajstić information content (AvgIpc) is 2.56. The monoisotopic (exact) mass is 356 g/mol. The van der Waals surface area contributed by atoms with Gasteiger partial charge in [-0.25, -0.2) is 12.8 Å². The molecule has 24 heavy (non-hydrogen) atoms. The third-order valence-corrected chi connectivity index (χ3v) is 6.05. The highest BCUT2D eigenvalue weighted by atomic mass is 32.2. The van der Waals surface area contributed by atoms with Crippen molar-refractivity contribution in [1.29, 1.82) is 0 Å². The number of likely N-dealkylation sites (N-methyl/N-ethyl adjacent to an activating group) is 1. The molecule has 0 radical (unpaired) electrons. The first-order valence-electron chi connectivity index (χ1n) is 8.18. The van der Waals surface area contributed by atoms with Crippen molar-refractivity contribution < 1.29 is 12.8 Å². The van der Waals surface area contributed by atoms with Crippen molar-refractivity contribution in [2.24, 2.45) is 10.7 Å². The lowest BCUT2D eigenvalue weighted by atomic mass is 9.96. The molecule has 0 amide bonds. The summed E-state index contributed by atoms with van der Waals surface area (Å²) in [6.07, 6.45) is 5.85. The Labute approximate surface area is 143 Å². The summed E-state index contributed by atoms with van der Waals surface area (Å²) in [7, 11) is -2.17. The molecule has 2 rings (SSSR count). The summed E-state index contributed by atoms with van der Waals surface area (Å²) in [6.45, 7) is 0.467. The second-order valence-electron chi connectivity index (χ2n) is 6.03. The van der Waals surface area contributed by atoms with Crippen LogP contribution in [0.1, 0.15) is 32.1 Å². The van der Waals surface area contributed by atoms with Gasteiger partial charge >= 0.3 is 0 Å². The summed E-state index contributed by atoms with van der Waals surface area (Å²) in [6, 6.07) is 5.13. The minimum atomic E-state index is -3.64. The average molecular weight is 356 g/mol. The largest absolute Gasteiger partial charge is 0.370 e. The highest BCUT2D eigenvalue weighted by Gasteiger charge is 2.20. The fourth-order valence-electron chi connectivity index (χ4n) is 2.72. The third-order valence-electron chi connectivity index (χ3n) is 4.18. The first kappa shape index (κ1) is 18.7. The number of guanidine groups is 1. The first-order valence-corrected chi connectivity index (χ1v) is 9.62. The molecule has 0 spiro atoms. The van der Waals surface area contributed by atoms with Crippen LogP contribution in [0.4, 0.5) is 4.39 Å². The summed E-state index contributed by atoms with van der Waals surface area (Å²) in [5.41, 5.74) is 5.86. The predicted molar refractivity (Wildman–Crippen MR) is 92.7 cm³/mol. The molecule has 0 unspecified atom stereocenters. The van der Waals surface area contributed by atoms with E-state index < -0.39 is 15.8 Å². The van der Waals surface area contributed by atoms with E-state index in [1.807, 2.05) is 0 Å². The molecule has 0 aliphatic heterocycles. The van der Waals surface area contributed by atoms with Gasteiger partial charge in [-0.1, -0.05) is 19.3 Å². The second kappa shape index (κ2) is 8.43. The quantitative estimate of drug-likeness (QED) is 0.600.